The highest BCUT2D eigenvalue weighted by Gasteiger charge is 2.23. The summed E-state index contributed by atoms with van der Waals surface area (Å²) in [5.74, 6) is 0. The zero-order valence-electron chi connectivity index (χ0n) is 6.92. The van der Waals surface area contributed by atoms with E-state index in [0.717, 1.165) is 19.3 Å². The van der Waals surface area contributed by atoms with Crippen molar-refractivity contribution in [2.45, 2.75) is 38.8 Å². The van der Waals surface area contributed by atoms with E-state index < -0.39 is 6.18 Å². The fraction of sp³-hybridized carbons (Fsp3) is 0.750. The Morgan fingerprint density at radius 3 is 2.33 bits per heavy atom. The third kappa shape index (κ3) is 8.36. The van der Waals surface area contributed by atoms with Crippen LogP contribution in [0.3, 0.4) is 0 Å². The van der Waals surface area contributed by atoms with Gasteiger partial charge in [-0.15, -0.1) is 0 Å². The summed E-state index contributed by atoms with van der Waals surface area (Å²) in [6.45, 7) is 2.03. The van der Waals surface area contributed by atoms with Crippen molar-refractivity contribution in [1.29, 1.82) is 0 Å². The standard InChI is InChI=1S/C8H12F3I/c1-2-3-4-5-7(12)6-8(9,10)11/h6H,2-5H2,1H3/b7-6-. The summed E-state index contributed by atoms with van der Waals surface area (Å²) in [5.41, 5.74) is 0. The smallest absolute Gasteiger partial charge is 0.167 e. The van der Waals surface area contributed by atoms with Gasteiger partial charge in [-0.25, -0.2) is 0 Å². The molecule has 0 fully saturated rings. The van der Waals surface area contributed by atoms with Crippen LogP contribution in [0.25, 0.3) is 0 Å². The van der Waals surface area contributed by atoms with E-state index in [-0.39, 0.29) is 0 Å². The zero-order chi connectivity index (χ0) is 9.61. The molecule has 0 nitrogen and oxygen atoms in total. The quantitative estimate of drug-likeness (QED) is 0.530. The summed E-state index contributed by atoms with van der Waals surface area (Å²) in [6.07, 6.45) is -0.338. The molecule has 0 saturated heterocycles. The van der Waals surface area contributed by atoms with Crippen molar-refractivity contribution in [3.63, 3.8) is 0 Å². The number of rotatable bonds is 4. The lowest BCUT2D eigenvalue weighted by Crippen LogP contribution is -2.01. The van der Waals surface area contributed by atoms with E-state index in [1.54, 1.807) is 22.6 Å². The minimum absolute atomic E-state index is 0.378. The van der Waals surface area contributed by atoms with Gasteiger partial charge in [-0.05, 0) is 39.0 Å². The molecular weight excluding hydrogens is 280 g/mol. The predicted molar refractivity (Wildman–Crippen MR) is 52.3 cm³/mol. The van der Waals surface area contributed by atoms with Crippen molar-refractivity contribution in [1.82, 2.24) is 0 Å². The van der Waals surface area contributed by atoms with E-state index >= 15 is 0 Å². The van der Waals surface area contributed by atoms with Crippen LogP contribution in [-0.4, -0.2) is 6.18 Å². The van der Waals surface area contributed by atoms with Crippen molar-refractivity contribution in [2.75, 3.05) is 0 Å². The van der Waals surface area contributed by atoms with Crippen LogP contribution in [0.5, 0.6) is 0 Å². The van der Waals surface area contributed by atoms with Crippen LogP contribution >= 0.6 is 22.6 Å². The van der Waals surface area contributed by atoms with E-state index in [1.165, 1.54) is 0 Å². The predicted octanol–water partition coefficient (Wildman–Crippen LogP) is 4.45. The molecule has 0 heterocycles. The van der Waals surface area contributed by atoms with Gasteiger partial charge in [0.15, 0.2) is 0 Å². The summed E-state index contributed by atoms with van der Waals surface area (Å²) in [5, 5.41) is 0. The van der Waals surface area contributed by atoms with E-state index in [0.29, 0.717) is 16.1 Å². The molecule has 0 spiro atoms. The molecule has 0 amide bonds. The van der Waals surface area contributed by atoms with Crippen LogP contribution in [0.15, 0.2) is 9.66 Å². The number of hydrogen-bond donors (Lipinski definition) is 0. The normalized spacial score (nSPS) is 13.6. The Balaban J connectivity index is 3.71. The molecule has 0 aliphatic rings. The fourth-order valence-electron chi connectivity index (χ4n) is 0.794. The Morgan fingerprint density at radius 2 is 1.92 bits per heavy atom. The summed E-state index contributed by atoms with van der Waals surface area (Å²) in [6, 6.07) is 0. The summed E-state index contributed by atoms with van der Waals surface area (Å²) in [4.78, 5) is 0. The summed E-state index contributed by atoms with van der Waals surface area (Å²) in [7, 11) is 0. The van der Waals surface area contributed by atoms with Crippen LogP contribution in [-0.2, 0) is 0 Å². The second kappa shape index (κ2) is 5.83. The number of alkyl halides is 3. The molecule has 72 valence electrons. The molecule has 0 atom stereocenters. The maximum atomic E-state index is 11.7. The number of allylic oxidation sites excluding steroid dienone is 2. The van der Waals surface area contributed by atoms with Crippen LogP contribution in [0.2, 0.25) is 0 Å². The second-order valence-corrected chi connectivity index (χ2v) is 3.98. The Kier molecular flexibility index (Phi) is 5.96. The Hall–Kier alpha value is 0.260. The Morgan fingerprint density at radius 1 is 1.33 bits per heavy atom. The lowest BCUT2D eigenvalue weighted by atomic mass is 10.2. The average Bonchev–Trinajstić information content (AvgIpc) is 1.84. The van der Waals surface area contributed by atoms with Gasteiger partial charge < -0.3 is 0 Å². The first kappa shape index (κ1) is 12.3. The number of hydrogen-bond acceptors (Lipinski definition) is 0. The Labute approximate surface area is 84.4 Å². The van der Waals surface area contributed by atoms with Crippen molar-refractivity contribution < 1.29 is 13.2 Å². The zero-order valence-corrected chi connectivity index (χ0v) is 9.08. The van der Waals surface area contributed by atoms with Gasteiger partial charge in [-0.2, -0.15) is 13.2 Å². The first-order chi connectivity index (χ1) is 5.45. The van der Waals surface area contributed by atoms with Gasteiger partial charge >= 0.3 is 6.18 Å². The third-order valence-electron chi connectivity index (χ3n) is 1.34. The first-order valence-corrected chi connectivity index (χ1v) is 4.97. The van der Waals surface area contributed by atoms with E-state index in [1.807, 2.05) is 6.92 Å². The van der Waals surface area contributed by atoms with E-state index in [4.69, 9.17) is 0 Å². The maximum Gasteiger partial charge on any atom is 0.410 e. The van der Waals surface area contributed by atoms with Gasteiger partial charge in [-0.3, -0.25) is 0 Å². The van der Waals surface area contributed by atoms with E-state index in [2.05, 4.69) is 0 Å². The molecule has 0 aliphatic carbocycles. The molecule has 0 N–H and O–H groups in total. The van der Waals surface area contributed by atoms with Crippen LogP contribution in [0.4, 0.5) is 13.2 Å². The lowest BCUT2D eigenvalue weighted by molar-refractivity contribution is -0.0801. The first-order valence-electron chi connectivity index (χ1n) is 3.89. The molecular formula is C8H12F3I. The molecule has 0 bridgehead atoms. The van der Waals surface area contributed by atoms with E-state index in [9.17, 15) is 13.2 Å². The molecule has 0 aromatic carbocycles. The Bertz CT molecular complexity index is 149. The minimum Gasteiger partial charge on any atom is -0.167 e. The second-order valence-electron chi connectivity index (χ2n) is 2.59. The third-order valence-corrected chi connectivity index (χ3v) is 2.19. The largest absolute Gasteiger partial charge is 0.410 e. The van der Waals surface area contributed by atoms with Crippen LogP contribution < -0.4 is 0 Å². The highest BCUT2D eigenvalue weighted by molar-refractivity contribution is 14.1. The fourth-order valence-corrected chi connectivity index (χ4v) is 1.53. The van der Waals surface area contributed by atoms with Gasteiger partial charge in [0.05, 0.1) is 0 Å². The van der Waals surface area contributed by atoms with Crippen LogP contribution in [0.1, 0.15) is 32.6 Å². The van der Waals surface area contributed by atoms with Gasteiger partial charge in [0.2, 0.25) is 0 Å². The average molecular weight is 292 g/mol. The highest BCUT2D eigenvalue weighted by atomic mass is 127. The molecule has 0 saturated carbocycles. The summed E-state index contributed by atoms with van der Waals surface area (Å²) < 4.78 is 35.6. The SMILES string of the molecule is CCCCC/C(I)=C/C(F)(F)F. The molecule has 0 unspecified atom stereocenters. The number of halogens is 4. The van der Waals surface area contributed by atoms with Gasteiger partial charge in [-0.1, -0.05) is 19.8 Å². The monoisotopic (exact) mass is 292 g/mol. The molecule has 0 radical (unpaired) electrons. The lowest BCUT2D eigenvalue weighted by Gasteiger charge is -2.01. The molecule has 0 aliphatic heterocycles. The molecule has 4 heteroatoms. The van der Waals surface area contributed by atoms with Crippen molar-refractivity contribution in [3.8, 4) is 0 Å². The van der Waals surface area contributed by atoms with Crippen molar-refractivity contribution >= 4 is 22.6 Å². The van der Waals surface area contributed by atoms with Gasteiger partial charge in [0, 0.05) is 6.08 Å². The van der Waals surface area contributed by atoms with Gasteiger partial charge in [0.25, 0.3) is 0 Å². The summed E-state index contributed by atoms with van der Waals surface area (Å²) >= 11 is 1.75. The minimum atomic E-state index is -4.15. The molecule has 0 aromatic heterocycles. The molecule has 0 rings (SSSR count). The van der Waals surface area contributed by atoms with Crippen molar-refractivity contribution in [2.24, 2.45) is 0 Å². The number of unbranched alkanes of at least 4 members (excludes halogenated alkanes) is 2. The molecule has 12 heavy (non-hydrogen) atoms. The highest BCUT2D eigenvalue weighted by Crippen LogP contribution is 2.24. The van der Waals surface area contributed by atoms with Crippen LogP contribution in [0, 0.1) is 0 Å². The van der Waals surface area contributed by atoms with Crippen molar-refractivity contribution in [3.05, 3.63) is 9.66 Å². The maximum absolute atomic E-state index is 11.7. The van der Waals surface area contributed by atoms with Gasteiger partial charge in [0.1, 0.15) is 0 Å². The molecule has 0 aromatic rings. The topological polar surface area (TPSA) is 0 Å².